The standard InChI is InChI=1S/C56H48N4.C31H25N3.2Pt/c1-55(2,3)42-29-31-48(46(36-42)50-35-41(33-34-57-50)38-19-10-7-11-20-38)58-49-32-30-43(56(4,5)6)37-47(49)54-59-53-45(40-23-14-9-15-24-40)26-18-28-52(53)60(54)51-27-17-16-25-44(51)39-21-12-8-13-22-39;1-22-18-23(2)31(24(3)19-22)34(27-12-8-10-25(20-27)29-14-4-6-16-32-29)28-13-9-11-26(21-28)30-15-5-7-17-33-30;;/h7-23,25-37H,1-6H3;4-19H,1-3H3;;/q2*-2;2*+2. The third-order valence-electron chi connectivity index (χ3n) is 17.0. The van der Waals surface area contributed by atoms with E-state index >= 15 is 0 Å². The molecule has 9 heteroatoms. The summed E-state index contributed by atoms with van der Waals surface area (Å²) in [4.78, 5) is 21.9. The molecule has 0 aliphatic rings. The summed E-state index contributed by atoms with van der Waals surface area (Å²) in [5.74, 6) is 0.818. The van der Waals surface area contributed by atoms with Gasteiger partial charge in [-0.3, -0.25) is 9.55 Å². The van der Waals surface area contributed by atoms with E-state index < -0.39 is 0 Å². The average Bonchev–Trinajstić information content (AvgIpc) is 1.56. The van der Waals surface area contributed by atoms with E-state index in [-0.39, 0.29) is 53.0 Å². The van der Waals surface area contributed by atoms with E-state index in [9.17, 15) is 0 Å². The van der Waals surface area contributed by atoms with E-state index in [0.717, 1.165) is 124 Å². The number of anilines is 3. The van der Waals surface area contributed by atoms with Crippen molar-refractivity contribution in [3.63, 3.8) is 0 Å². The van der Waals surface area contributed by atoms with Crippen LogP contribution in [0.3, 0.4) is 0 Å². The van der Waals surface area contributed by atoms with E-state index in [2.05, 4.69) is 294 Å². The summed E-state index contributed by atoms with van der Waals surface area (Å²) >= 11 is 0. The van der Waals surface area contributed by atoms with Crippen LogP contribution in [0.15, 0.2) is 279 Å². The maximum atomic E-state index is 5.64. The Morgan fingerprint density at radius 3 is 1.51 bits per heavy atom. The van der Waals surface area contributed by atoms with Crippen molar-refractivity contribution in [2.24, 2.45) is 0 Å². The fraction of sp³-hybridized carbons (Fsp3) is 0.126. The fourth-order valence-corrected chi connectivity index (χ4v) is 12.3. The van der Waals surface area contributed by atoms with E-state index in [1.807, 2.05) is 85.3 Å². The van der Waals surface area contributed by atoms with Gasteiger partial charge >= 0.3 is 42.1 Å². The molecule has 0 bridgehead atoms. The monoisotopic (exact) mass is 1610 g/mol. The van der Waals surface area contributed by atoms with E-state index in [1.165, 1.54) is 27.8 Å². The minimum atomic E-state index is -0.127. The molecule has 0 radical (unpaired) electrons. The van der Waals surface area contributed by atoms with Crippen LogP contribution in [-0.2, 0) is 53.0 Å². The number of aryl methyl sites for hydroxylation is 3. The first kappa shape index (κ1) is 67.5. The van der Waals surface area contributed by atoms with Crippen LogP contribution in [0.4, 0.5) is 28.4 Å². The number of hydrogen-bond donors (Lipinski definition) is 0. The van der Waals surface area contributed by atoms with Crippen molar-refractivity contribution in [3.05, 3.63) is 331 Å². The first-order chi connectivity index (χ1) is 45.6. The van der Waals surface area contributed by atoms with Gasteiger partial charge in [-0.05, 0) is 141 Å². The minimum Gasteiger partial charge on any atom is -0.657 e. The molecule has 476 valence electrons. The van der Waals surface area contributed by atoms with Crippen molar-refractivity contribution in [1.29, 1.82) is 0 Å². The second kappa shape index (κ2) is 29.4. The molecule has 0 unspecified atom stereocenters. The Bertz CT molecular complexity index is 4880. The molecule has 0 aliphatic heterocycles. The third kappa shape index (κ3) is 14.6. The molecule has 0 aliphatic carbocycles. The van der Waals surface area contributed by atoms with Gasteiger partial charge in [0.2, 0.25) is 0 Å². The quantitative estimate of drug-likeness (QED) is 0.108. The molecule has 10 aromatic carbocycles. The molecule has 14 rings (SSSR count). The molecular formula is C87H73N7Pt2. The predicted molar refractivity (Wildman–Crippen MR) is 391 cm³/mol. The molecule has 7 nitrogen and oxygen atoms in total. The van der Waals surface area contributed by atoms with E-state index in [1.54, 1.807) is 0 Å². The summed E-state index contributed by atoms with van der Waals surface area (Å²) in [6, 6.07) is 101. The molecule has 0 fully saturated rings. The maximum Gasteiger partial charge on any atom is 2.00 e. The van der Waals surface area contributed by atoms with E-state index in [4.69, 9.17) is 15.3 Å². The Morgan fingerprint density at radius 1 is 0.406 bits per heavy atom. The fourth-order valence-electron chi connectivity index (χ4n) is 12.3. The zero-order valence-electron chi connectivity index (χ0n) is 55.3. The first-order valence-corrected chi connectivity index (χ1v) is 32.0. The molecular weight excluding hydrogens is 1530 g/mol. The molecule has 0 saturated carbocycles. The average molecular weight is 1610 g/mol. The summed E-state index contributed by atoms with van der Waals surface area (Å²) in [6.07, 6.45) is 5.53. The van der Waals surface area contributed by atoms with Crippen molar-refractivity contribution in [3.8, 4) is 84.2 Å². The third-order valence-corrected chi connectivity index (χ3v) is 17.0. The van der Waals surface area contributed by atoms with Gasteiger partial charge in [-0.15, -0.1) is 107 Å². The summed E-state index contributed by atoms with van der Waals surface area (Å²) in [5.41, 5.74) is 26.5. The van der Waals surface area contributed by atoms with Gasteiger partial charge in [0.1, 0.15) is 5.82 Å². The van der Waals surface area contributed by atoms with Crippen LogP contribution in [-0.4, -0.2) is 24.5 Å². The van der Waals surface area contributed by atoms with Gasteiger partial charge in [0.05, 0.1) is 22.4 Å². The number of para-hydroxylation sites is 2. The van der Waals surface area contributed by atoms with Crippen molar-refractivity contribution in [2.75, 3.05) is 4.90 Å². The second-order valence-corrected chi connectivity index (χ2v) is 25.9. The van der Waals surface area contributed by atoms with Gasteiger partial charge in [-0.1, -0.05) is 210 Å². The van der Waals surface area contributed by atoms with Crippen LogP contribution in [0.2, 0.25) is 0 Å². The Balaban J connectivity index is 0.000000221. The number of aromatic nitrogens is 5. The number of imidazole rings is 1. The summed E-state index contributed by atoms with van der Waals surface area (Å²) in [7, 11) is 0. The molecule has 0 spiro atoms. The van der Waals surface area contributed by atoms with Crippen LogP contribution in [0.1, 0.15) is 69.4 Å². The van der Waals surface area contributed by atoms with Crippen LogP contribution >= 0.6 is 0 Å². The topological polar surface area (TPSA) is 73.8 Å². The summed E-state index contributed by atoms with van der Waals surface area (Å²) < 4.78 is 2.33. The van der Waals surface area contributed by atoms with Crippen LogP contribution in [0.5, 0.6) is 0 Å². The Kier molecular flexibility index (Phi) is 20.7. The number of benzene rings is 10. The molecule has 0 N–H and O–H groups in total. The molecule has 96 heavy (non-hydrogen) atoms. The zero-order valence-corrected chi connectivity index (χ0v) is 59.9. The van der Waals surface area contributed by atoms with Gasteiger partial charge in [0.25, 0.3) is 0 Å². The van der Waals surface area contributed by atoms with Gasteiger partial charge in [-0.25, -0.2) is 4.98 Å². The van der Waals surface area contributed by atoms with Crippen molar-refractivity contribution in [2.45, 2.75) is 73.1 Å². The summed E-state index contributed by atoms with van der Waals surface area (Å²) in [6.45, 7) is 20.0. The number of nitrogens with zero attached hydrogens (tertiary/aromatic N) is 7. The minimum absolute atomic E-state index is 0. The molecule has 14 aromatic rings. The van der Waals surface area contributed by atoms with Crippen molar-refractivity contribution in [1.82, 2.24) is 24.5 Å². The van der Waals surface area contributed by atoms with E-state index in [0.29, 0.717) is 0 Å². The molecule has 0 amide bonds. The van der Waals surface area contributed by atoms with Crippen molar-refractivity contribution >= 4 is 39.5 Å². The Morgan fingerprint density at radius 2 is 0.927 bits per heavy atom. The smallest absolute Gasteiger partial charge is 0.657 e. The molecule has 0 atom stereocenters. The number of fused-ring (bicyclic) bond motifs is 1. The summed E-state index contributed by atoms with van der Waals surface area (Å²) in [5, 5.41) is 5.61. The van der Waals surface area contributed by atoms with Gasteiger partial charge in [0, 0.05) is 35.4 Å². The Hall–Kier alpha value is -9.90. The number of rotatable bonds is 13. The molecule has 4 aromatic heterocycles. The second-order valence-electron chi connectivity index (χ2n) is 25.9. The van der Waals surface area contributed by atoms with Gasteiger partial charge in [-0.2, -0.15) is 0 Å². The number of pyridine rings is 3. The molecule has 0 saturated heterocycles. The Labute approximate surface area is 594 Å². The van der Waals surface area contributed by atoms with Crippen LogP contribution < -0.4 is 4.90 Å². The first-order valence-electron chi connectivity index (χ1n) is 32.0. The SMILES string of the molecule is CC(C)(C)c1ccc([N-]c2ccc(C(C)(C)C)cc2-c2nc3c(-c4[c-]cccc4)cccc3n2-c2ccccc2-c2ccccc2)c(-c2cc(-c3ccccc3)ccn2)c1.Cc1cc(C)c(N(c2[c-]c(-c3ccccn3)ccc2)c2[c-]c(-c3ccccn3)ccc2)c(C)c1.[Pt+2].[Pt+2]. The van der Waals surface area contributed by atoms with Gasteiger partial charge in [0.15, 0.2) is 0 Å². The largest absolute Gasteiger partial charge is 2.00 e. The normalized spacial score (nSPS) is 11.2. The van der Waals surface area contributed by atoms with Crippen LogP contribution in [0, 0.1) is 39.0 Å². The molecule has 4 heterocycles. The predicted octanol–water partition coefficient (Wildman–Crippen LogP) is 23.3. The van der Waals surface area contributed by atoms with Crippen LogP contribution in [0.25, 0.3) is 101 Å². The van der Waals surface area contributed by atoms with Gasteiger partial charge < -0.3 is 20.2 Å². The van der Waals surface area contributed by atoms with Crippen molar-refractivity contribution < 1.29 is 42.1 Å². The zero-order chi connectivity index (χ0) is 64.9. The maximum absolute atomic E-state index is 5.64. The number of hydrogen-bond acceptors (Lipinski definition) is 5.